The summed E-state index contributed by atoms with van der Waals surface area (Å²) in [5, 5.41) is 0. The molecule has 0 fully saturated rings. The van der Waals surface area contributed by atoms with Crippen LogP contribution in [0.2, 0.25) is 0 Å². The molecule has 106 valence electrons. The lowest BCUT2D eigenvalue weighted by Crippen LogP contribution is -2.02. The zero-order valence-electron chi connectivity index (χ0n) is 11.5. The maximum Gasteiger partial charge on any atom is 0.341 e. The number of nitrogens with one attached hydrogen (secondary N) is 1. The molecule has 6 heteroatoms. The molecule has 0 amide bonds. The van der Waals surface area contributed by atoms with E-state index in [1.165, 1.54) is 7.11 Å². The molecular formula is C14H16N2O4. The number of anilines is 1. The smallest absolute Gasteiger partial charge is 0.341 e. The van der Waals surface area contributed by atoms with Crippen molar-refractivity contribution in [2.24, 2.45) is 0 Å². The molecule has 0 spiro atoms. The van der Waals surface area contributed by atoms with Gasteiger partial charge in [-0.15, -0.1) is 0 Å². The molecule has 20 heavy (non-hydrogen) atoms. The Bertz CT molecular complexity index is 634. The van der Waals surface area contributed by atoms with Gasteiger partial charge in [0, 0.05) is 11.6 Å². The standard InChI is InChI=1S/C14H16N2O4/c1-18-8-4-5-9(12(6-8)19-2)11-7-10(13(15)16-11)14(17)20-3/h4-7,16H,15H2,1-3H3. The second kappa shape index (κ2) is 5.56. The van der Waals surface area contributed by atoms with E-state index in [0.717, 1.165) is 5.56 Å². The van der Waals surface area contributed by atoms with Crippen LogP contribution >= 0.6 is 0 Å². The van der Waals surface area contributed by atoms with E-state index < -0.39 is 5.97 Å². The summed E-state index contributed by atoms with van der Waals surface area (Å²) in [6.45, 7) is 0. The number of hydrogen-bond acceptors (Lipinski definition) is 5. The van der Waals surface area contributed by atoms with Gasteiger partial charge in [0.2, 0.25) is 0 Å². The highest BCUT2D eigenvalue weighted by molar-refractivity contribution is 5.96. The molecule has 3 N–H and O–H groups in total. The SMILES string of the molecule is COC(=O)c1cc(-c2ccc(OC)cc2OC)[nH]c1N. The molecule has 2 aromatic rings. The molecule has 1 heterocycles. The number of rotatable bonds is 4. The minimum absolute atomic E-state index is 0.254. The third-order valence-corrected chi connectivity index (χ3v) is 2.95. The van der Waals surface area contributed by atoms with Crippen LogP contribution in [0.1, 0.15) is 10.4 Å². The zero-order valence-corrected chi connectivity index (χ0v) is 11.5. The second-order valence-electron chi connectivity index (χ2n) is 4.07. The van der Waals surface area contributed by atoms with Gasteiger partial charge in [-0.25, -0.2) is 4.79 Å². The minimum atomic E-state index is -0.488. The Labute approximate surface area is 116 Å². The number of ether oxygens (including phenoxy) is 3. The summed E-state index contributed by atoms with van der Waals surface area (Å²) in [6.07, 6.45) is 0. The van der Waals surface area contributed by atoms with Crippen LogP contribution in [0.3, 0.4) is 0 Å². The maximum atomic E-state index is 11.6. The summed E-state index contributed by atoms with van der Waals surface area (Å²) in [5.74, 6) is 1.06. The molecule has 0 saturated heterocycles. The van der Waals surface area contributed by atoms with E-state index in [1.807, 2.05) is 6.07 Å². The van der Waals surface area contributed by atoms with E-state index >= 15 is 0 Å². The highest BCUT2D eigenvalue weighted by atomic mass is 16.5. The van der Waals surface area contributed by atoms with Crippen molar-refractivity contribution in [2.75, 3.05) is 27.1 Å². The summed E-state index contributed by atoms with van der Waals surface area (Å²) in [5.41, 5.74) is 7.52. The summed E-state index contributed by atoms with van der Waals surface area (Å²) in [4.78, 5) is 14.5. The van der Waals surface area contributed by atoms with Crippen LogP contribution in [0.25, 0.3) is 11.3 Å². The molecule has 1 aromatic carbocycles. The van der Waals surface area contributed by atoms with Crippen LogP contribution in [0.4, 0.5) is 5.82 Å². The minimum Gasteiger partial charge on any atom is -0.497 e. The third kappa shape index (κ3) is 2.40. The molecule has 0 atom stereocenters. The average molecular weight is 276 g/mol. The predicted octanol–water partition coefficient (Wildman–Crippen LogP) is 2.07. The Morgan fingerprint density at radius 3 is 2.50 bits per heavy atom. The van der Waals surface area contributed by atoms with Crippen LogP contribution in [0.5, 0.6) is 11.5 Å². The lowest BCUT2D eigenvalue weighted by atomic mass is 10.1. The average Bonchev–Trinajstić information content (AvgIpc) is 2.87. The molecule has 2 rings (SSSR count). The van der Waals surface area contributed by atoms with Crippen LogP contribution in [-0.4, -0.2) is 32.3 Å². The number of esters is 1. The van der Waals surface area contributed by atoms with Gasteiger partial charge in [0.1, 0.15) is 22.9 Å². The Balaban J connectivity index is 2.49. The summed E-state index contributed by atoms with van der Waals surface area (Å²) < 4.78 is 15.1. The van der Waals surface area contributed by atoms with E-state index in [4.69, 9.17) is 15.2 Å². The van der Waals surface area contributed by atoms with Crippen LogP contribution < -0.4 is 15.2 Å². The number of carbonyl (C=O) groups excluding carboxylic acids is 1. The first kappa shape index (κ1) is 13.8. The number of aromatic amines is 1. The number of carbonyl (C=O) groups is 1. The van der Waals surface area contributed by atoms with Gasteiger partial charge < -0.3 is 24.9 Å². The van der Waals surface area contributed by atoms with Crippen molar-refractivity contribution in [1.29, 1.82) is 0 Å². The molecule has 1 aromatic heterocycles. The molecule has 0 unspecified atom stereocenters. The van der Waals surface area contributed by atoms with Crippen molar-refractivity contribution in [2.45, 2.75) is 0 Å². The monoisotopic (exact) mass is 276 g/mol. The van der Waals surface area contributed by atoms with Gasteiger partial charge in [-0.3, -0.25) is 0 Å². The number of methoxy groups -OCH3 is 3. The van der Waals surface area contributed by atoms with E-state index in [0.29, 0.717) is 22.8 Å². The topological polar surface area (TPSA) is 86.6 Å². The van der Waals surface area contributed by atoms with Gasteiger partial charge in [0.15, 0.2) is 0 Å². The van der Waals surface area contributed by atoms with Crippen molar-refractivity contribution in [3.63, 3.8) is 0 Å². The maximum absolute atomic E-state index is 11.6. The van der Waals surface area contributed by atoms with E-state index in [-0.39, 0.29) is 5.82 Å². The number of nitrogens with two attached hydrogens (primary N) is 1. The first-order valence-electron chi connectivity index (χ1n) is 5.90. The fraction of sp³-hybridized carbons (Fsp3) is 0.214. The highest BCUT2D eigenvalue weighted by Gasteiger charge is 2.17. The molecule has 0 aliphatic heterocycles. The predicted molar refractivity (Wildman–Crippen MR) is 75.1 cm³/mol. The molecule has 0 saturated carbocycles. The third-order valence-electron chi connectivity index (χ3n) is 2.95. The fourth-order valence-corrected chi connectivity index (χ4v) is 1.92. The van der Waals surface area contributed by atoms with Crippen LogP contribution in [0, 0.1) is 0 Å². The number of benzene rings is 1. The van der Waals surface area contributed by atoms with Crippen molar-refractivity contribution in [3.8, 4) is 22.8 Å². The second-order valence-corrected chi connectivity index (χ2v) is 4.07. The summed E-state index contributed by atoms with van der Waals surface area (Å²) >= 11 is 0. The Hall–Kier alpha value is -2.63. The van der Waals surface area contributed by atoms with Gasteiger partial charge in [-0.05, 0) is 18.2 Å². The van der Waals surface area contributed by atoms with Crippen molar-refractivity contribution in [3.05, 3.63) is 29.8 Å². The fourth-order valence-electron chi connectivity index (χ4n) is 1.92. The van der Waals surface area contributed by atoms with Crippen LogP contribution in [-0.2, 0) is 4.74 Å². The van der Waals surface area contributed by atoms with Crippen molar-refractivity contribution >= 4 is 11.8 Å². The Kier molecular flexibility index (Phi) is 3.84. The number of hydrogen-bond donors (Lipinski definition) is 2. The first-order valence-corrected chi connectivity index (χ1v) is 5.90. The number of H-pyrrole nitrogens is 1. The zero-order chi connectivity index (χ0) is 14.7. The van der Waals surface area contributed by atoms with E-state index in [2.05, 4.69) is 9.72 Å². The molecule has 0 aliphatic rings. The summed E-state index contributed by atoms with van der Waals surface area (Å²) in [6, 6.07) is 7.01. The van der Waals surface area contributed by atoms with Gasteiger partial charge >= 0.3 is 5.97 Å². The van der Waals surface area contributed by atoms with Gasteiger partial charge in [-0.1, -0.05) is 0 Å². The molecule has 0 aliphatic carbocycles. The van der Waals surface area contributed by atoms with Gasteiger partial charge in [0.25, 0.3) is 0 Å². The van der Waals surface area contributed by atoms with Crippen molar-refractivity contribution < 1.29 is 19.0 Å². The van der Waals surface area contributed by atoms with Gasteiger partial charge in [-0.2, -0.15) is 0 Å². The molecule has 0 bridgehead atoms. The Morgan fingerprint density at radius 1 is 1.15 bits per heavy atom. The lowest BCUT2D eigenvalue weighted by Gasteiger charge is -2.09. The van der Waals surface area contributed by atoms with Crippen molar-refractivity contribution in [1.82, 2.24) is 4.98 Å². The molecular weight excluding hydrogens is 260 g/mol. The Morgan fingerprint density at radius 2 is 1.90 bits per heavy atom. The van der Waals surface area contributed by atoms with Crippen LogP contribution in [0.15, 0.2) is 24.3 Å². The largest absolute Gasteiger partial charge is 0.497 e. The molecule has 0 radical (unpaired) electrons. The number of aromatic nitrogens is 1. The lowest BCUT2D eigenvalue weighted by molar-refractivity contribution is 0.0602. The summed E-state index contributed by atoms with van der Waals surface area (Å²) in [7, 11) is 4.45. The first-order chi connectivity index (χ1) is 9.60. The normalized spacial score (nSPS) is 10.2. The number of nitrogen functional groups attached to an aromatic ring is 1. The van der Waals surface area contributed by atoms with E-state index in [1.54, 1.807) is 32.4 Å². The van der Waals surface area contributed by atoms with E-state index in [9.17, 15) is 4.79 Å². The quantitative estimate of drug-likeness (QED) is 0.835. The van der Waals surface area contributed by atoms with Gasteiger partial charge in [0.05, 0.1) is 27.0 Å². The highest BCUT2D eigenvalue weighted by Crippen LogP contribution is 2.34. The molecule has 6 nitrogen and oxygen atoms in total.